The standard InChI is InChI=1S/C15H16F4N2O.ClH/c16-13-11(2-1-3-12(13)15(17,18)19)14(22)21-5-4-9-6-20-7-10(9)8-21;/h1-3,9-10,20H,4-8H2;1H. The lowest BCUT2D eigenvalue weighted by molar-refractivity contribution is -0.140. The smallest absolute Gasteiger partial charge is 0.338 e. The highest BCUT2D eigenvalue weighted by molar-refractivity contribution is 5.94. The Balaban J connectivity index is 0.00000192. The number of alkyl halides is 3. The predicted molar refractivity (Wildman–Crippen MR) is 79.0 cm³/mol. The summed E-state index contributed by atoms with van der Waals surface area (Å²) >= 11 is 0. The lowest BCUT2D eigenvalue weighted by atomic mass is 9.88. The molecule has 0 saturated carbocycles. The molecule has 2 unspecified atom stereocenters. The monoisotopic (exact) mass is 352 g/mol. The Labute approximate surface area is 137 Å². The van der Waals surface area contributed by atoms with Crippen molar-refractivity contribution in [2.45, 2.75) is 12.6 Å². The molecule has 1 amide bonds. The molecule has 0 bridgehead atoms. The number of likely N-dealkylation sites (tertiary alicyclic amines) is 1. The Bertz CT molecular complexity index is 593. The third-order valence-corrected chi connectivity index (χ3v) is 4.53. The van der Waals surface area contributed by atoms with Crippen LogP contribution in [0.2, 0.25) is 0 Å². The number of fused-ring (bicyclic) bond motifs is 1. The fourth-order valence-corrected chi connectivity index (χ4v) is 3.31. The minimum Gasteiger partial charge on any atom is -0.338 e. The lowest BCUT2D eigenvalue weighted by Gasteiger charge is -2.34. The van der Waals surface area contributed by atoms with E-state index in [1.54, 1.807) is 0 Å². The van der Waals surface area contributed by atoms with Crippen molar-refractivity contribution in [2.24, 2.45) is 11.8 Å². The normalized spacial score (nSPS) is 24.1. The molecule has 2 aliphatic rings. The first kappa shape index (κ1) is 18.0. The van der Waals surface area contributed by atoms with Crippen LogP contribution in [-0.2, 0) is 6.18 Å². The Morgan fingerprint density at radius 3 is 2.61 bits per heavy atom. The van der Waals surface area contributed by atoms with Gasteiger partial charge in [0.2, 0.25) is 0 Å². The van der Waals surface area contributed by atoms with Gasteiger partial charge in [0.25, 0.3) is 5.91 Å². The van der Waals surface area contributed by atoms with Crippen LogP contribution in [0.25, 0.3) is 0 Å². The number of hydrogen-bond donors (Lipinski definition) is 1. The van der Waals surface area contributed by atoms with Crippen LogP contribution in [-0.4, -0.2) is 37.0 Å². The average molecular weight is 353 g/mol. The second kappa shape index (κ2) is 6.65. The molecule has 2 fully saturated rings. The maximum atomic E-state index is 14.1. The number of rotatable bonds is 1. The van der Waals surface area contributed by atoms with Crippen LogP contribution in [0.3, 0.4) is 0 Å². The number of nitrogens with zero attached hydrogens (tertiary/aromatic N) is 1. The molecule has 23 heavy (non-hydrogen) atoms. The van der Waals surface area contributed by atoms with Gasteiger partial charge in [-0.3, -0.25) is 4.79 Å². The summed E-state index contributed by atoms with van der Waals surface area (Å²) in [6, 6.07) is 2.84. The van der Waals surface area contributed by atoms with Crippen molar-refractivity contribution >= 4 is 18.3 Å². The highest BCUT2D eigenvalue weighted by atomic mass is 35.5. The number of amides is 1. The number of benzene rings is 1. The number of carbonyl (C=O) groups excluding carboxylic acids is 1. The first-order valence-corrected chi connectivity index (χ1v) is 7.23. The Morgan fingerprint density at radius 2 is 1.91 bits per heavy atom. The van der Waals surface area contributed by atoms with Crippen LogP contribution < -0.4 is 5.32 Å². The predicted octanol–water partition coefficient (Wildman–Crippen LogP) is 2.95. The highest BCUT2D eigenvalue weighted by Crippen LogP contribution is 2.33. The molecule has 3 rings (SSSR count). The molecule has 8 heteroatoms. The largest absolute Gasteiger partial charge is 0.419 e. The van der Waals surface area contributed by atoms with Crippen LogP contribution in [0.15, 0.2) is 18.2 Å². The van der Waals surface area contributed by atoms with Gasteiger partial charge in [0, 0.05) is 13.1 Å². The molecule has 0 radical (unpaired) electrons. The minimum atomic E-state index is -4.80. The van der Waals surface area contributed by atoms with Crippen molar-refractivity contribution in [3.05, 3.63) is 35.1 Å². The van der Waals surface area contributed by atoms with Gasteiger partial charge in [-0.05, 0) is 43.5 Å². The van der Waals surface area contributed by atoms with Crippen LogP contribution in [0.5, 0.6) is 0 Å². The summed E-state index contributed by atoms with van der Waals surface area (Å²) < 4.78 is 52.3. The van der Waals surface area contributed by atoms with Crippen molar-refractivity contribution in [3.63, 3.8) is 0 Å². The summed E-state index contributed by atoms with van der Waals surface area (Å²) in [4.78, 5) is 13.9. The highest BCUT2D eigenvalue weighted by Gasteiger charge is 2.38. The number of hydrogen-bond acceptors (Lipinski definition) is 2. The fraction of sp³-hybridized carbons (Fsp3) is 0.533. The SMILES string of the molecule is Cl.O=C(c1cccc(C(F)(F)F)c1F)N1CCC2CNCC2C1. The van der Waals surface area contributed by atoms with Crippen LogP contribution in [0.1, 0.15) is 22.3 Å². The van der Waals surface area contributed by atoms with E-state index in [1.165, 1.54) is 4.90 Å². The average Bonchev–Trinajstić information content (AvgIpc) is 2.93. The van der Waals surface area contributed by atoms with E-state index in [1.807, 2.05) is 0 Å². The molecule has 1 N–H and O–H groups in total. The first-order valence-electron chi connectivity index (χ1n) is 7.23. The van der Waals surface area contributed by atoms with Gasteiger partial charge in [0.05, 0.1) is 11.1 Å². The number of piperidine rings is 1. The quantitative estimate of drug-likeness (QED) is 0.788. The van der Waals surface area contributed by atoms with E-state index in [9.17, 15) is 22.4 Å². The molecule has 2 atom stereocenters. The molecule has 1 aromatic carbocycles. The molecular weight excluding hydrogens is 336 g/mol. The number of carbonyl (C=O) groups is 1. The first-order chi connectivity index (χ1) is 10.4. The summed E-state index contributed by atoms with van der Waals surface area (Å²) in [7, 11) is 0. The van der Waals surface area contributed by atoms with Gasteiger partial charge < -0.3 is 10.2 Å². The summed E-state index contributed by atoms with van der Waals surface area (Å²) in [5.41, 5.74) is -1.89. The number of halogens is 5. The summed E-state index contributed by atoms with van der Waals surface area (Å²) in [5.74, 6) is -1.34. The van der Waals surface area contributed by atoms with Crippen molar-refractivity contribution in [3.8, 4) is 0 Å². The minimum absolute atomic E-state index is 0. The summed E-state index contributed by atoms with van der Waals surface area (Å²) in [6.45, 7) is 2.62. The molecule has 0 aliphatic carbocycles. The molecule has 128 valence electrons. The molecule has 1 aromatic rings. The summed E-state index contributed by atoms with van der Waals surface area (Å²) in [6.07, 6.45) is -4.01. The Kier molecular flexibility index (Phi) is 5.20. The van der Waals surface area contributed by atoms with Crippen molar-refractivity contribution in [1.82, 2.24) is 10.2 Å². The molecule has 2 aliphatic heterocycles. The van der Waals surface area contributed by atoms with Gasteiger partial charge in [0.1, 0.15) is 5.82 Å². The van der Waals surface area contributed by atoms with Crippen LogP contribution in [0.4, 0.5) is 17.6 Å². The van der Waals surface area contributed by atoms with E-state index < -0.39 is 29.0 Å². The Morgan fingerprint density at radius 1 is 1.22 bits per heavy atom. The lowest BCUT2D eigenvalue weighted by Crippen LogP contribution is -2.43. The topological polar surface area (TPSA) is 32.3 Å². The van der Waals surface area contributed by atoms with Crippen molar-refractivity contribution in [2.75, 3.05) is 26.2 Å². The molecule has 3 nitrogen and oxygen atoms in total. The fourth-order valence-electron chi connectivity index (χ4n) is 3.31. The maximum absolute atomic E-state index is 14.1. The molecular formula is C15H17ClF4N2O. The second-order valence-corrected chi connectivity index (χ2v) is 5.88. The van der Waals surface area contributed by atoms with Gasteiger partial charge in [-0.2, -0.15) is 13.2 Å². The second-order valence-electron chi connectivity index (χ2n) is 5.88. The molecule has 0 aromatic heterocycles. The Hall–Kier alpha value is -1.34. The van der Waals surface area contributed by atoms with E-state index in [4.69, 9.17) is 0 Å². The van der Waals surface area contributed by atoms with Gasteiger partial charge >= 0.3 is 6.18 Å². The van der Waals surface area contributed by atoms with Gasteiger partial charge in [0.15, 0.2) is 0 Å². The maximum Gasteiger partial charge on any atom is 0.419 e. The van der Waals surface area contributed by atoms with Crippen molar-refractivity contribution < 1.29 is 22.4 Å². The van der Waals surface area contributed by atoms with E-state index in [-0.39, 0.29) is 12.4 Å². The van der Waals surface area contributed by atoms with E-state index in [0.29, 0.717) is 31.0 Å². The van der Waals surface area contributed by atoms with Crippen molar-refractivity contribution in [1.29, 1.82) is 0 Å². The van der Waals surface area contributed by atoms with E-state index in [2.05, 4.69) is 5.32 Å². The summed E-state index contributed by atoms with van der Waals surface area (Å²) in [5, 5.41) is 3.24. The third-order valence-electron chi connectivity index (χ3n) is 4.53. The van der Waals surface area contributed by atoms with Gasteiger partial charge in [-0.15, -0.1) is 12.4 Å². The zero-order valence-corrected chi connectivity index (χ0v) is 13.0. The molecule has 0 spiro atoms. The molecule has 2 heterocycles. The van der Waals surface area contributed by atoms with E-state index in [0.717, 1.165) is 31.6 Å². The number of nitrogens with one attached hydrogen (secondary N) is 1. The zero-order chi connectivity index (χ0) is 15.9. The zero-order valence-electron chi connectivity index (χ0n) is 12.2. The van der Waals surface area contributed by atoms with Crippen LogP contribution >= 0.6 is 12.4 Å². The van der Waals surface area contributed by atoms with Crippen LogP contribution in [0, 0.1) is 17.7 Å². The molecule has 2 saturated heterocycles. The van der Waals surface area contributed by atoms with Gasteiger partial charge in [-0.1, -0.05) is 6.07 Å². The van der Waals surface area contributed by atoms with E-state index >= 15 is 0 Å². The third kappa shape index (κ3) is 3.45. The van der Waals surface area contributed by atoms with Gasteiger partial charge in [-0.25, -0.2) is 4.39 Å².